The van der Waals surface area contributed by atoms with Crippen LogP contribution in [0.3, 0.4) is 0 Å². The fourth-order valence-corrected chi connectivity index (χ4v) is 1.91. The summed E-state index contributed by atoms with van der Waals surface area (Å²) in [4.78, 5) is 8.59. The van der Waals surface area contributed by atoms with Crippen LogP contribution in [0.5, 0.6) is 5.88 Å². The van der Waals surface area contributed by atoms with E-state index in [9.17, 15) is 0 Å². The zero-order valence-corrected chi connectivity index (χ0v) is 12.6. The van der Waals surface area contributed by atoms with E-state index in [1.54, 1.807) is 12.3 Å². The van der Waals surface area contributed by atoms with Crippen LogP contribution in [0.4, 0.5) is 5.95 Å². The summed E-state index contributed by atoms with van der Waals surface area (Å²) < 4.78 is 5.56. The van der Waals surface area contributed by atoms with Gasteiger partial charge in [-0.1, -0.05) is 33.1 Å². The Balaban J connectivity index is 2.47. The molecule has 0 amide bonds. The first-order valence-electron chi connectivity index (χ1n) is 7.39. The van der Waals surface area contributed by atoms with Crippen LogP contribution in [0.25, 0.3) is 0 Å². The molecule has 108 valence electrons. The van der Waals surface area contributed by atoms with Crippen LogP contribution in [-0.2, 0) is 0 Å². The van der Waals surface area contributed by atoms with E-state index in [2.05, 4.69) is 29.1 Å². The lowest BCUT2D eigenvalue weighted by Gasteiger charge is -2.15. The van der Waals surface area contributed by atoms with Crippen LogP contribution >= 0.6 is 0 Å². The van der Waals surface area contributed by atoms with E-state index in [0.717, 1.165) is 6.54 Å². The largest absolute Gasteiger partial charge is 0.475 e. The van der Waals surface area contributed by atoms with Crippen LogP contribution in [0.2, 0.25) is 0 Å². The molecule has 0 fully saturated rings. The molecular formula is C15H27N3O. The molecule has 0 saturated carbocycles. The van der Waals surface area contributed by atoms with E-state index >= 15 is 0 Å². The van der Waals surface area contributed by atoms with E-state index in [-0.39, 0.29) is 6.10 Å². The topological polar surface area (TPSA) is 47.0 Å². The van der Waals surface area contributed by atoms with Crippen molar-refractivity contribution >= 4 is 5.95 Å². The van der Waals surface area contributed by atoms with Crippen molar-refractivity contribution in [2.45, 2.75) is 59.5 Å². The third kappa shape index (κ3) is 6.41. The van der Waals surface area contributed by atoms with Gasteiger partial charge >= 0.3 is 0 Å². The highest BCUT2D eigenvalue weighted by atomic mass is 16.5. The third-order valence-electron chi connectivity index (χ3n) is 3.08. The Kier molecular flexibility index (Phi) is 7.23. The molecule has 1 N–H and O–H groups in total. The van der Waals surface area contributed by atoms with Crippen molar-refractivity contribution in [3.8, 4) is 5.88 Å². The summed E-state index contributed by atoms with van der Waals surface area (Å²) in [5.41, 5.74) is 0. The van der Waals surface area contributed by atoms with Gasteiger partial charge in [0, 0.05) is 18.8 Å². The first-order valence-corrected chi connectivity index (χ1v) is 7.39. The van der Waals surface area contributed by atoms with Crippen LogP contribution in [0.15, 0.2) is 12.3 Å². The molecule has 4 nitrogen and oxygen atoms in total. The average Bonchev–Trinajstić information content (AvgIpc) is 2.38. The third-order valence-corrected chi connectivity index (χ3v) is 3.08. The molecule has 0 spiro atoms. The summed E-state index contributed by atoms with van der Waals surface area (Å²) in [5.74, 6) is 1.99. The number of hydrogen-bond donors (Lipinski definition) is 1. The molecule has 1 heterocycles. The summed E-state index contributed by atoms with van der Waals surface area (Å²) in [6, 6.07) is 1.79. The smallest absolute Gasteiger partial charge is 0.225 e. The van der Waals surface area contributed by atoms with E-state index in [1.807, 2.05) is 13.8 Å². The molecule has 0 saturated heterocycles. The highest BCUT2D eigenvalue weighted by Gasteiger charge is 2.07. The van der Waals surface area contributed by atoms with Gasteiger partial charge in [0.15, 0.2) is 0 Å². The summed E-state index contributed by atoms with van der Waals surface area (Å²) in [6.45, 7) is 9.39. The number of nitrogens with one attached hydrogen (secondary N) is 1. The van der Waals surface area contributed by atoms with Gasteiger partial charge in [-0.25, -0.2) is 4.98 Å². The first kappa shape index (κ1) is 15.7. The van der Waals surface area contributed by atoms with Gasteiger partial charge in [-0.2, -0.15) is 4.98 Å². The molecule has 19 heavy (non-hydrogen) atoms. The maximum atomic E-state index is 5.56. The number of anilines is 1. The van der Waals surface area contributed by atoms with Crippen molar-refractivity contribution in [2.75, 3.05) is 11.9 Å². The van der Waals surface area contributed by atoms with Gasteiger partial charge < -0.3 is 10.1 Å². The number of nitrogens with zero attached hydrogens (tertiary/aromatic N) is 2. The van der Waals surface area contributed by atoms with E-state index in [1.165, 1.54) is 25.7 Å². The van der Waals surface area contributed by atoms with E-state index in [4.69, 9.17) is 4.74 Å². The lowest BCUT2D eigenvalue weighted by Crippen LogP contribution is -2.16. The molecule has 0 radical (unpaired) electrons. The Morgan fingerprint density at radius 3 is 2.74 bits per heavy atom. The van der Waals surface area contributed by atoms with Crippen LogP contribution in [0.1, 0.15) is 53.4 Å². The summed E-state index contributed by atoms with van der Waals surface area (Å²) in [7, 11) is 0. The quantitative estimate of drug-likeness (QED) is 0.735. The maximum Gasteiger partial charge on any atom is 0.225 e. The van der Waals surface area contributed by atoms with Gasteiger partial charge in [0.1, 0.15) is 0 Å². The van der Waals surface area contributed by atoms with Gasteiger partial charge in [-0.15, -0.1) is 0 Å². The number of unbranched alkanes of at least 4 members (excludes halogenated alkanes) is 1. The van der Waals surface area contributed by atoms with Crippen molar-refractivity contribution in [2.24, 2.45) is 5.92 Å². The molecule has 1 aromatic rings. The van der Waals surface area contributed by atoms with Gasteiger partial charge in [0.25, 0.3) is 0 Å². The average molecular weight is 265 g/mol. The molecule has 1 rings (SSSR count). The van der Waals surface area contributed by atoms with Crippen molar-refractivity contribution in [3.05, 3.63) is 12.3 Å². The Hall–Kier alpha value is -1.32. The number of rotatable bonds is 9. The second kappa shape index (κ2) is 8.73. The van der Waals surface area contributed by atoms with Crippen molar-refractivity contribution in [1.82, 2.24) is 9.97 Å². The lowest BCUT2D eigenvalue weighted by atomic mass is 9.99. The fourth-order valence-electron chi connectivity index (χ4n) is 1.91. The highest BCUT2D eigenvalue weighted by Crippen LogP contribution is 2.14. The minimum Gasteiger partial charge on any atom is -0.475 e. The molecule has 1 aromatic heterocycles. The van der Waals surface area contributed by atoms with Gasteiger partial charge in [0.2, 0.25) is 11.8 Å². The number of aromatic nitrogens is 2. The predicted octanol–water partition coefficient (Wildman–Crippen LogP) is 3.89. The van der Waals surface area contributed by atoms with Gasteiger partial charge in [-0.3, -0.25) is 0 Å². The Bertz CT molecular complexity index is 355. The molecule has 1 unspecified atom stereocenters. The minimum absolute atomic E-state index is 0.135. The van der Waals surface area contributed by atoms with E-state index in [0.29, 0.717) is 17.7 Å². The molecule has 0 aliphatic carbocycles. The Morgan fingerprint density at radius 1 is 1.32 bits per heavy atom. The number of ether oxygens (including phenoxy) is 1. The fraction of sp³-hybridized carbons (Fsp3) is 0.733. The normalized spacial score (nSPS) is 12.5. The standard InChI is InChI=1S/C15H27N3O/c1-5-7-8-13(6-2)11-17-15-16-10-9-14(18-15)19-12(3)4/h9-10,12-13H,5-8,11H2,1-4H3,(H,16,17,18). The van der Waals surface area contributed by atoms with Crippen LogP contribution < -0.4 is 10.1 Å². The lowest BCUT2D eigenvalue weighted by molar-refractivity contribution is 0.232. The van der Waals surface area contributed by atoms with Gasteiger partial charge in [0.05, 0.1) is 6.10 Å². The Labute approximate surface area is 117 Å². The van der Waals surface area contributed by atoms with Crippen molar-refractivity contribution < 1.29 is 4.74 Å². The second-order valence-corrected chi connectivity index (χ2v) is 5.18. The molecule has 1 atom stereocenters. The maximum absolute atomic E-state index is 5.56. The molecule has 4 heteroatoms. The molecular weight excluding hydrogens is 238 g/mol. The van der Waals surface area contributed by atoms with Crippen molar-refractivity contribution in [1.29, 1.82) is 0 Å². The summed E-state index contributed by atoms with van der Waals surface area (Å²) >= 11 is 0. The molecule has 0 aliphatic rings. The molecule has 0 aromatic carbocycles. The minimum atomic E-state index is 0.135. The summed E-state index contributed by atoms with van der Waals surface area (Å²) in [5, 5.41) is 3.32. The zero-order chi connectivity index (χ0) is 14.1. The zero-order valence-electron chi connectivity index (χ0n) is 12.6. The monoisotopic (exact) mass is 265 g/mol. The van der Waals surface area contributed by atoms with Crippen LogP contribution in [0, 0.1) is 5.92 Å². The van der Waals surface area contributed by atoms with Gasteiger partial charge in [-0.05, 0) is 26.2 Å². The molecule has 0 bridgehead atoms. The highest BCUT2D eigenvalue weighted by molar-refractivity contribution is 5.27. The summed E-state index contributed by atoms with van der Waals surface area (Å²) in [6.07, 6.45) is 6.87. The first-order chi connectivity index (χ1) is 9.15. The van der Waals surface area contributed by atoms with Crippen molar-refractivity contribution in [3.63, 3.8) is 0 Å². The SMILES string of the molecule is CCCCC(CC)CNc1nccc(OC(C)C)n1. The molecule has 0 aliphatic heterocycles. The van der Waals surface area contributed by atoms with Crippen LogP contribution in [-0.4, -0.2) is 22.6 Å². The van der Waals surface area contributed by atoms with E-state index < -0.39 is 0 Å². The predicted molar refractivity (Wildman–Crippen MR) is 79.6 cm³/mol. The Morgan fingerprint density at radius 2 is 2.11 bits per heavy atom. The second-order valence-electron chi connectivity index (χ2n) is 5.18. The number of hydrogen-bond acceptors (Lipinski definition) is 4.